The molecule has 24 heavy (non-hydrogen) atoms. The van der Waals surface area contributed by atoms with Gasteiger partial charge >= 0.3 is 5.69 Å². The molecule has 132 valence electrons. The van der Waals surface area contributed by atoms with Gasteiger partial charge < -0.3 is 15.0 Å². The fourth-order valence-electron chi connectivity index (χ4n) is 2.70. The van der Waals surface area contributed by atoms with E-state index < -0.39 is 6.10 Å². The van der Waals surface area contributed by atoms with Crippen LogP contribution in [0.3, 0.4) is 0 Å². The summed E-state index contributed by atoms with van der Waals surface area (Å²) in [5.74, 6) is 0. The minimum atomic E-state index is -0.441. The van der Waals surface area contributed by atoms with Crippen LogP contribution in [0.5, 0.6) is 0 Å². The van der Waals surface area contributed by atoms with Crippen molar-refractivity contribution in [1.82, 2.24) is 24.0 Å². The highest BCUT2D eigenvalue weighted by Gasteiger charge is 2.14. The van der Waals surface area contributed by atoms with Crippen molar-refractivity contribution in [3.8, 4) is 0 Å². The van der Waals surface area contributed by atoms with E-state index >= 15 is 0 Å². The summed E-state index contributed by atoms with van der Waals surface area (Å²) in [5.41, 5.74) is 0.138. The summed E-state index contributed by atoms with van der Waals surface area (Å²) in [5, 5.41) is 12.9. The van der Waals surface area contributed by atoms with E-state index in [1.165, 1.54) is 15.5 Å². The number of aliphatic hydroxyl groups excluding tert-OH is 1. The summed E-state index contributed by atoms with van der Waals surface area (Å²) in [6, 6.07) is 0. The molecule has 2 aromatic heterocycles. The van der Waals surface area contributed by atoms with E-state index in [4.69, 9.17) is 0 Å². The van der Waals surface area contributed by atoms with E-state index in [1.54, 1.807) is 24.7 Å². The van der Waals surface area contributed by atoms with Crippen LogP contribution in [0, 0.1) is 0 Å². The van der Waals surface area contributed by atoms with Crippen molar-refractivity contribution < 1.29 is 5.11 Å². The summed E-state index contributed by atoms with van der Waals surface area (Å²) in [7, 11) is 3.35. The first-order chi connectivity index (χ1) is 11.5. The van der Waals surface area contributed by atoms with E-state index in [0.717, 1.165) is 6.42 Å². The van der Waals surface area contributed by atoms with Crippen molar-refractivity contribution in [2.75, 3.05) is 13.1 Å². The first-order valence-corrected chi connectivity index (χ1v) is 8.08. The first kappa shape index (κ1) is 18.2. The largest absolute Gasteiger partial charge is 0.392 e. The Morgan fingerprint density at radius 2 is 2.12 bits per heavy atom. The Kier molecular flexibility index (Phi) is 6.10. The lowest BCUT2D eigenvalue weighted by molar-refractivity contribution is 0.159. The van der Waals surface area contributed by atoms with Crippen molar-refractivity contribution in [3.05, 3.63) is 39.8 Å². The van der Waals surface area contributed by atoms with Crippen LogP contribution in [0.15, 0.2) is 28.6 Å². The normalized spacial score (nSPS) is 12.6. The van der Waals surface area contributed by atoms with Gasteiger partial charge in [0.2, 0.25) is 0 Å². The molecule has 0 radical (unpaired) electrons. The van der Waals surface area contributed by atoms with Crippen LogP contribution in [0.25, 0.3) is 11.2 Å². The highest BCUT2D eigenvalue weighted by molar-refractivity contribution is 5.69. The van der Waals surface area contributed by atoms with Crippen LogP contribution in [0.2, 0.25) is 0 Å². The summed E-state index contributed by atoms with van der Waals surface area (Å²) in [6.45, 7) is 5.10. The predicted molar refractivity (Wildman–Crippen MR) is 93.1 cm³/mol. The Morgan fingerprint density at radius 3 is 2.83 bits per heavy atom. The van der Waals surface area contributed by atoms with Gasteiger partial charge in [0.05, 0.1) is 12.4 Å². The lowest BCUT2D eigenvalue weighted by Gasteiger charge is -2.11. The number of rotatable bonds is 9. The van der Waals surface area contributed by atoms with Gasteiger partial charge in [0.15, 0.2) is 11.2 Å². The van der Waals surface area contributed by atoms with Gasteiger partial charge in [-0.05, 0) is 19.3 Å². The van der Waals surface area contributed by atoms with Crippen molar-refractivity contribution in [2.45, 2.75) is 31.9 Å². The highest BCUT2D eigenvalue weighted by atomic mass is 16.3. The number of hydrogen-bond donors (Lipinski definition) is 2. The third kappa shape index (κ3) is 3.82. The third-order valence-corrected chi connectivity index (χ3v) is 4.04. The topological polar surface area (TPSA) is 94.1 Å². The minimum Gasteiger partial charge on any atom is -0.392 e. The number of hydrogen-bond acceptors (Lipinski definition) is 5. The number of unbranched alkanes of at least 4 members (excludes halogenated alkanes) is 1. The van der Waals surface area contributed by atoms with Crippen LogP contribution in [0.1, 0.15) is 19.3 Å². The van der Waals surface area contributed by atoms with E-state index in [-0.39, 0.29) is 11.2 Å². The maximum atomic E-state index is 12.5. The number of nitrogens with zero attached hydrogens (tertiary/aromatic N) is 4. The molecule has 0 spiro atoms. The molecule has 0 aromatic carbocycles. The van der Waals surface area contributed by atoms with Gasteiger partial charge in [0, 0.05) is 33.7 Å². The summed E-state index contributed by atoms with van der Waals surface area (Å²) >= 11 is 0. The maximum absolute atomic E-state index is 12.5. The van der Waals surface area contributed by atoms with Crippen LogP contribution in [-0.2, 0) is 20.6 Å². The van der Waals surface area contributed by atoms with Gasteiger partial charge in [-0.1, -0.05) is 6.08 Å². The average Bonchev–Trinajstić information content (AvgIpc) is 2.94. The van der Waals surface area contributed by atoms with Crippen molar-refractivity contribution in [2.24, 2.45) is 14.1 Å². The van der Waals surface area contributed by atoms with Crippen LogP contribution in [0.4, 0.5) is 0 Å². The van der Waals surface area contributed by atoms with Crippen molar-refractivity contribution in [1.29, 1.82) is 0 Å². The van der Waals surface area contributed by atoms with Gasteiger partial charge in [-0.25, -0.2) is 9.78 Å². The molecule has 1 atom stereocenters. The zero-order valence-electron chi connectivity index (χ0n) is 14.2. The quantitative estimate of drug-likeness (QED) is 0.486. The Balaban J connectivity index is 2.01. The van der Waals surface area contributed by atoms with Gasteiger partial charge in [-0.15, -0.1) is 6.58 Å². The molecule has 0 fully saturated rings. The molecule has 2 N–H and O–H groups in total. The monoisotopic (exact) mass is 335 g/mol. The standard InChI is InChI=1S/C16H25N5O3/c1-4-8-17-10-12(22)7-5-6-9-21-15(23)13-14(18-11-19(13)2)20(3)16(21)24/h4,11-12,17,22H,1,5-10H2,2-3H3. The van der Waals surface area contributed by atoms with Crippen LogP contribution < -0.4 is 16.6 Å². The molecule has 0 bridgehead atoms. The molecule has 0 saturated carbocycles. The van der Waals surface area contributed by atoms with E-state index in [1.807, 2.05) is 0 Å². The Labute approximate surface area is 140 Å². The van der Waals surface area contributed by atoms with Crippen LogP contribution >= 0.6 is 0 Å². The van der Waals surface area contributed by atoms with Crippen LogP contribution in [-0.4, -0.2) is 43.0 Å². The predicted octanol–water partition coefficient (Wildman–Crippen LogP) is -0.259. The van der Waals surface area contributed by atoms with Gasteiger partial charge in [-0.3, -0.25) is 13.9 Å². The summed E-state index contributed by atoms with van der Waals surface area (Å²) in [4.78, 5) is 28.9. The zero-order chi connectivity index (χ0) is 17.7. The second-order valence-electron chi connectivity index (χ2n) is 5.92. The Morgan fingerprint density at radius 1 is 1.38 bits per heavy atom. The maximum Gasteiger partial charge on any atom is 0.332 e. The first-order valence-electron chi connectivity index (χ1n) is 8.08. The molecule has 2 aromatic rings. The second-order valence-corrected chi connectivity index (χ2v) is 5.92. The fraction of sp³-hybridized carbons (Fsp3) is 0.562. The fourth-order valence-corrected chi connectivity index (χ4v) is 2.70. The van der Waals surface area contributed by atoms with E-state index in [9.17, 15) is 14.7 Å². The van der Waals surface area contributed by atoms with E-state index in [2.05, 4.69) is 16.9 Å². The number of nitrogens with one attached hydrogen (secondary N) is 1. The van der Waals surface area contributed by atoms with Crippen molar-refractivity contribution >= 4 is 11.2 Å². The molecule has 0 aliphatic carbocycles. The number of aromatic nitrogens is 4. The third-order valence-electron chi connectivity index (χ3n) is 4.04. The molecule has 2 heterocycles. The summed E-state index contributed by atoms with van der Waals surface area (Å²) < 4.78 is 4.26. The minimum absolute atomic E-state index is 0.318. The second kappa shape index (κ2) is 8.07. The lowest BCUT2D eigenvalue weighted by Crippen LogP contribution is -2.39. The number of imidazole rings is 1. The SMILES string of the molecule is C=CCNCC(O)CCCCn1c(=O)c2c(ncn2C)n(C)c1=O. The van der Waals surface area contributed by atoms with Gasteiger partial charge in [-0.2, -0.15) is 0 Å². The molecule has 8 heteroatoms. The van der Waals surface area contributed by atoms with E-state index in [0.29, 0.717) is 43.6 Å². The molecular formula is C16H25N5O3. The number of fused-ring (bicyclic) bond motifs is 1. The Bertz CT molecular complexity index is 817. The average molecular weight is 335 g/mol. The lowest BCUT2D eigenvalue weighted by atomic mass is 10.1. The number of aryl methyl sites for hydroxylation is 2. The summed E-state index contributed by atoms with van der Waals surface area (Å²) in [6.07, 6.45) is 4.83. The number of aliphatic hydroxyl groups is 1. The molecule has 2 rings (SSSR count). The molecule has 8 nitrogen and oxygen atoms in total. The molecule has 0 aliphatic heterocycles. The zero-order valence-corrected chi connectivity index (χ0v) is 14.2. The van der Waals surface area contributed by atoms with Crippen molar-refractivity contribution in [3.63, 3.8) is 0 Å². The van der Waals surface area contributed by atoms with Gasteiger partial charge in [0.25, 0.3) is 5.56 Å². The Hall–Kier alpha value is -2.19. The molecule has 0 amide bonds. The molecule has 0 aliphatic rings. The van der Waals surface area contributed by atoms with Gasteiger partial charge in [0.1, 0.15) is 0 Å². The molecular weight excluding hydrogens is 310 g/mol. The molecule has 1 unspecified atom stereocenters. The smallest absolute Gasteiger partial charge is 0.332 e. The highest BCUT2D eigenvalue weighted by Crippen LogP contribution is 2.05. The molecule has 0 saturated heterocycles.